The summed E-state index contributed by atoms with van der Waals surface area (Å²) in [7, 11) is 0. The Kier molecular flexibility index (Phi) is 6.21. The third-order valence-corrected chi connectivity index (χ3v) is 5.49. The van der Waals surface area contributed by atoms with Crippen molar-refractivity contribution < 1.29 is 14.3 Å². The molecule has 1 unspecified atom stereocenters. The van der Waals surface area contributed by atoms with Crippen molar-refractivity contribution in [2.45, 2.75) is 25.4 Å². The molecule has 1 aromatic heterocycles. The molecular formula is C23H21ClN4O3. The quantitative estimate of drug-likeness (QED) is 0.625. The molecule has 2 heterocycles. The Labute approximate surface area is 184 Å². The summed E-state index contributed by atoms with van der Waals surface area (Å²) < 4.78 is 5.58. The van der Waals surface area contributed by atoms with Gasteiger partial charge in [-0.25, -0.2) is 4.98 Å². The van der Waals surface area contributed by atoms with Crippen LogP contribution >= 0.6 is 11.6 Å². The number of nitrogens with one attached hydrogen (secondary N) is 1. The Morgan fingerprint density at radius 2 is 2.03 bits per heavy atom. The van der Waals surface area contributed by atoms with Crippen molar-refractivity contribution in [2.24, 2.45) is 0 Å². The van der Waals surface area contributed by atoms with E-state index in [1.54, 1.807) is 36.4 Å². The molecule has 4 rings (SSSR count). The second-order valence-electron chi connectivity index (χ2n) is 7.41. The summed E-state index contributed by atoms with van der Waals surface area (Å²) in [5, 5.41) is 22.8. The number of halogens is 1. The average molecular weight is 437 g/mol. The normalized spacial score (nSPS) is 16.4. The number of amides is 1. The van der Waals surface area contributed by atoms with Gasteiger partial charge in [-0.1, -0.05) is 11.6 Å². The van der Waals surface area contributed by atoms with Crippen LogP contribution < -0.4 is 10.2 Å². The van der Waals surface area contributed by atoms with Crippen molar-refractivity contribution in [2.75, 3.05) is 23.3 Å². The van der Waals surface area contributed by atoms with Crippen molar-refractivity contribution in [1.29, 1.82) is 5.26 Å². The lowest BCUT2D eigenvalue weighted by Crippen LogP contribution is -2.25. The number of aromatic nitrogens is 1. The minimum Gasteiger partial charge on any atom is -0.432 e. The third-order valence-electron chi connectivity index (χ3n) is 5.24. The number of benzene rings is 2. The highest BCUT2D eigenvalue weighted by Crippen LogP contribution is 2.27. The lowest BCUT2D eigenvalue weighted by molar-refractivity contribution is 0.0991. The fourth-order valence-electron chi connectivity index (χ4n) is 3.61. The van der Waals surface area contributed by atoms with Crippen LogP contribution in [-0.2, 0) is 0 Å². The van der Waals surface area contributed by atoms with Gasteiger partial charge in [0, 0.05) is 29.4 Å². The SMILES string of the molecule is N#Cc1cc(NC(=O)c2ncc(-c3ccc(Cl)cc3)o2)ccc1N1CCCC(O)CC1. The molecule has 1 saturated heterocycles. The maximum atomic E-state index is 12.6. The number of oxazole rings is 1. The molecule has 0 spiro atoms. The molecule has 1 aliphatic heterocycles. The first-order valence-electron chi connectivity index (χ1n) is 10.0. The fraction of sp³-hybridized carbons (Fsp3) is 0.261. The average Bonchev–Trinajstić information content (AvgIpc) is 3.17. The van der Waals surface area contributed by atoms with Crippen LogP contribution in [0.5, 0.6) is 0 Å². The predicted octanol–water partition coefficient (Wildman–Crippen LogP) is 4.47. The highest BCUT2D eigenvalue weighted by Gasteiger charge is 2.19. The predicted molar refractivity (Wildman–Crippen MR) is 118 cm³/mol. The van der Waals surface area contributed by atoms with Crippen LogP contribution in [0.2, 0.25) is 5.02 Å². The van der Waals surface area contributed by atoms with Crippen molar-refractivity contribution >= 4 is 28.9 Å². The second kappa shape index (κ2) is 9.21. The molecule has 0 radical (unpaired) electrons. The van der Waals surface area contributed by atoms with Crippen LogP contribution in [0.25, 0.3) is 11.3 Å². The minimum absolute atomic E-state index is 0.0750. The largest absolute Gasteiger partial charge is 0.432 e. The van der Waals surface area contributed by atoms with Gasteiger partial charge < -0.3 is 19.7 Å². The highest BCUT2D eigenvalue weighted by molar-refractivity contribution is 6.30. The number of nitrogens with zero attached hydrogens (tertiary/aromatic N) is 3. The Morgan fingerprint density at radius 3 is 2.81 bits per heavy atom. The van der Waals surface area contributed by atoms with Gasteiger partial charge in [-0.15, -0.1) is 0 Å². The molecule has 2 N–H and O–H groups in total. The number of anilines is 2. The zero-order chi connectivity index (χ0) is 21.8. The minimum atomic E-state index is -0.505. The Hall–Kier alpha value is -3.34. The van der Waals surface area contributed by atoms with Gasteiger partial charge in [0.05, 0.1) is 23.6 Å². The molecule has 158 valence electrons. The van der Waals surface area contributed by atoms with Crippen LogP contribution in [0.15, 0.2) is 53.1 Å². The van der Waals surface area contributed by atoms with E-state index in [0.29, 0.717) is 35.0 Å². The van der Waals surface area contributed by atoms with Gasteiger partial charge in [-0.05, 0) is 61.7 Å². The van der Waals surface area contributed by atoms with Gasteiger partial charge in [0.1, 0.15) is 6.07 Å². The molecule has 1 fully saturated rings. The first kappa shape index (κ1) is 20.9. The van der Waals surface area contributed by atoms with Crippen LogP contribution in [0.1, 0.15) is 35.5 Å². The topological polar surface area (TPSA) is 102 Å². The number of nitriles is 1. The Morgan fingerprint density at radius 1 is 1.23 bits per heavy atom. The summed E-state index contributed by atoms with van der Waals surface area (Å²) in [5.74, 6) is -0.123. The van der Waals surface area contributed by atoms with Crippen molar-refractivity contribution in [1.82, 2.24) is 4.98 Å². The van der Waals surface area contributed by atoms with E-state index in [1.165, 1.54) is 6.20 Å². The van der Waals surface area contributed by atoms with Crippen LogP contribution in [-0.4, -0.2) is 35.2 Å². The molecule has 2 aromatic carbocycles. The molecule has 8 heteroatoms. The van der Waals surface area contributed by atoms with Crippen LogP contribution in [0, 0.1) is 11.3 Å². The summed E-state index contributed by atoms with van der Waals surface area (Å²) in [5.41, 5.74) is 2.50. The van der Waals surface area contributed by atoms with E-state index >= 15 is 0 Å². The van der Waals surface area contributed by atoms with Crippen molar-refractivity contribution in [3.63, 3.8) is 0 Å². The van der Waals surface area contributed by atoms with Gasteiger partial charge in [-0.2, -0.15) is 5.26 Å². The number of rotatable bonds is 4. The van der Waals surface area contributed by atoms with Gasteiger partial charge in [0.2, 0.25) is 0 Å². The monoisotopic (exact) mass is 436 g/mol. The first-order chi connectivity index (χ1) is 15.0. The summed E-state index contributed by atoms with van der Waals surface area (Å²) in [6.07, 6.45) is 3.48. The molecule has 31 heavy (non-hydrogen) atoms. The van der Waals surface area contributed by atoms with E-state index < -0.39 is 5.91 Å². The standard InChI is InChI=1S/C23H21ClN4O3/c24-17-5-3-15(4-6-17)21-14-26-23(31-21)22(30)27-18-7-8-20(16(12-18)13-25)28-10-1-2-19(29)9-11-28/h3-8,12,14,19,29H,1-2,9-11H2,(H,27,30). The fourth-order valence-corrected chi connectivity index (χ4v) is 3.74. The summed E-state index contributed by atoms with van der Waals surface area (Å²) in [4.78, 5) is 18.7. The zero-order valence-electron chi connectivity index (χ0n) is 16.7. The first-order valence-corrected chi connectivity index (χ1v) is 10.4. The third kappa shape index (κ3) is 4.88. The van der Waals surface area contributed by atoms with E-state index in [2.05, 4.69) is 21.3 Å². The van der Waals surface area contributed by atoms with E-state index in [1.807, 2.05) is 6.07 Å². The highest BCUT2D eigenvalue weighted by atomic mass is 35.5. The number of aliphatic hydroxyl groups is 1. The molecular weight excluding hydrogens is 416 g/mol. The number of carbonyl (C=O) groups excluding carboxylic acids is 1. The molecule has 1 amide bonds. The molecule has 3 aromatic rings. The van der Waals surface area contributed by atoms with Gasteiger partial charge in [0.15, 0.2) is 5.76 Å². The Balaban J connectivity index is 1.48. The van der Waals surface area contributed by atoms with E-state index in [4.69, 9.17) is 16.0 Å². The summed E-state index contributed by atoms with van der Waals surface area (Å²) in [6, 6.07) is 14.4. The molecule has 7 nitrogen and oxygen atoms in total. The second-order valence-corrected chi connectivity index (χ2v) is 7.84. The summed E-state index contributed by atoms with van der Waals surface area (Å²) in [6.45, 7) is 1.46. The van der Waals surface area contributed by atoms with E-state index in [-0.39, 0.29) is 12.0 Å². The number of hydrogen-bond acceptors (Lipinski definition) is 6. The lowest BCUT2D eigenvalue weighted by Gasteiger charge is -2.24. The molecule has 0 saturated carbocycles. The van der Waals surface area contributed by atoms with Crippen molar-refractivity contribution in [3.8, 4) is 17.4 Å². The number of carbonyl (C=O) groups is 1. The van der Waals surface area contributed by atoms with Gasteiger partial charge in [-0.3, -0.25) is 4.79 Å². The Bertz CT molecular complexity index is 1120. The van der Waals surface area contributed by atoms with Gasteiger partial charge >= 0.3 is 5.91 Å². The van der Waals surface area contributed by atoms with Gasteiger partial charge in [0.25, 0.3) is 5.89 Å². The maximum absolute atomic E-state index is 12.6. The lowest BCUT2D eigenvalue weighted by atomic mass is 10.1. The van der Waals surface area contributed by atoms with Crippen LogP contribution in [0.4, 0.5) is 11.4 Å². The van der Waals surface area contributed by atoms with E-state index in [0.717, 1.165) is 30.6 Å². The number of aliphatic hydroxyl groups excluding tert-OH is 1. The molecule has 1 atom stereocenters. The molecule has 1 aliphatic rings. The zero-order valence-corrected chi connectivity index (χ0v) is 17.5. The van der Waals surface area contributed by atoms with Crippen LogP contribution in [0.3, 0.4) is 0 Å². The molecule has 0 aliphatic carbocycles. The smallest absolute Gasteiger partial charge is 0.311 e. The van der Waals surface area contributed by atoms with Crippen molar-refractivity contribution in [3.05, 3.63) is 65.1 Å². The maximum Gasteiger partial charge on any atom is 0.311 e. The number of hydrogen-bond donors (Lipinski definition) is 2. The van der Waals surface area contributed by atoms with E-state index in [9.17, 15) is 15.2 Å². The molecule has 0 bridgehead atoms. The summed E-state index contributed by atoms with van der Waals surface area (Å²) >= 11 is 5.90.